The number of benzene rings is 1. The molecule has 1 heterocycles. The fourth-order valence-corrected chi connectivity index (χ4v) is 1.71. The van der Waals surface area contributed by atoms with E-state index in [4.69, 9.17) is 5.11 Å². The lowest BCUT2D eigenvalue weighted by Gasteiger charge is -2.00. The van der Waals surface area contributed by atoms with Crippen molar-refractivity contribution in [1.29, 1.82) is 0 Å². The number of carboxylic acid groups (broad SMARTS) is 1. The van der Waals surface area contributed by atoms with Gasteiger partial charge in [0.2, 0.25) is 0 Å². The van der Waals surface area contributed by atoms with Gasteiger partial charge in [0.15, 0.2) is 0 Å². The Morgan fingerprint density at radius 2 is 2.25 bits per heavy atom. The molecule has 1 aliphatic rings. The zero-order valence-corrected chi connectivity index (χ0v) is 8.22. The minimum absolute atomic E-state index is 0.289. The van der Waals surface area contributed by atoms with Crippen LogP contribution in [0.2, 0.25) is 0 Å². The summed E-state index contributed by atoms with van der Waals surface area (Å²) in [5.74, 6) is -2.05. The van der Waals surface area contributed by atoms with Gasteiger partial charge in [0, 0.05) is 6.07 Å². The largest absolute Gasteiger partial charge is 0.478 e. The van der Waals surface area contributed by atoms with E-state index < -0.39 is 11.8 Å². The Balaban J connectivity index is 2.26. The van der Waals surface area contributed by atoms with Crippen molar-refractivity contribution in [1.82, 2.24) is 15.0 Å². The van der Waals surface area contributed by atoms with Crippen LogP contribution in [0.15, 0.2) is 12.1 Å². The Kier molecular flexibility index (Phi) is 1.74. The summed E-state index contributed by atoms with van der Waals surface area (Å²) in [6, 6.07) is 2.70. The van der Waals surface area contributed by atoms with Crippen molar-refractivity contribution in [2.24, 2.45) is 0 Å². The normalized spacial score (nSPS) is 15.6. The van der Waals surface area contributed by atoms with Gasteiger partial charge in [-0.1, -0.05) is 5.21 Å². The molecule has 1 aliphatic carbocycles. The van der Waals surface area contributed by atoms with E-state index in [0.717, 1.165) is 18.9 Å². The molecule has 0 unspecified atom stereocenters. The fourth-order valence-electron chi connectivity index (χ4n) is 1.71. The van der Waals surface area contributed by atoms with Crippen LogP contribution in [0.3, 0.4) is 0 Å². The van der Waals surface area contributed by atoms with Crippen LogP contribution < -0.4 is 0 Å². The molecule has 1 N–H and O–H groups in total. The van der Waals surface area contributed by atoms with Gasteiger partial charge in [-0.2, -0.15) is 0 Å². The molecule has 6 heteroatoms. The number of hydrogen-bond acceptors (Lipinski definition) is 3. The lowest BCUT2D eigenvalue weighted by molar-refractivity contribution is 0.0692. The maximum absolute atomic E-state index is 13.3. The molecule has 5 nitrogen and oxygen atoms in total. The number of carbonyl (C=O) groups is 1. The molecule has 1 fully saturated rings. The number of fused-ring (bicyclic) bond motifs is 1. The van der Waals surface area contributed by atoms with Crippen LogP contribution in [-0.2, 0) is 0 Å². The Labute approximate surface area is 89.5 Å². The molecule has 2 aromatic rings. The molecule has 3 rings (SSSR count). The van der Waals surface area contributed by atoms with E-state index in [1.165, 1.54) is 6.07 Å². The third-order valence-corrected chi connectivity index (χ3v) is 2.68. The second-order valence-electron chi connectivity index (χ2n) is 3.89. The molecule has 0 amide bonds. The summed E-state index contributed by atoms with van der Waals surface area (Å²) >= 11 is 0. The van der Waals surface area contributed by atoms with Crippen molar-refractivity contribution in [3.8, 4) is 0 Å². The first-order valence-electron chi connectivity index (χ1n) is 4.94. The quantitative estimate of drug-likeness (QED) is 0.836. The molecule has 0 atom stereocenters. The lowest BCUT2D eigenvalue weighted by Crippen LogP contribution is -2.02. The Hall–Kier alpha value is -1.98. The zero-order valence-electron chi connectivity index (χ0n) is 8.22. The van der Waals surface area contributed by atoms with Gasteiger partial charge < -0.3 is 5.11 Å². The molecule has 16 heavy (non-hydrogen) atoms. The lowest BCUT2D eigenvalue weighted by atomic mass is 10.2. The van der Waals surface area contributed by atoms with E-state index >= 15 is 0 Å². The van der Waals surface area contributed by atoms with Gasteiger partial charge in [-0.3, -0.25) is 0 Å². The molecular weight excluding hydrogens is 213 g/mol. The molecule has 1 aromatic carbocycles. The number of nitrogens with zero attached hydrogens (tertiary/aromatic N) is 3. The third-order valence-electron chi connectivity index (χ3n) is 2.68. The van der Waals surface area contributed by atoms with Crippen molar-refractivity contribution in [3.63, 3.8) is 0 Å². The summed E-state index contributed by atoms with van der Waals surface area (Å²) in [6.45, 7) is 0. The highest BCUT2D eigenvalue weighted by Crippen LogP contribution is 2.36. The number of halogens is 1. The van der Waals surface area contributed by atoms with Gasteiger partial charge in [-0.05, 0) is 18.9 Å². The molecule has 0 radical (unpaired) electrons. The number of carboxylic acids is 1. The smallest absolute Gasteiger partial charge is 0.338 e. The minimum Gasteiger partial charge on any atom is -0.478 e. The first kappa shape index (κ1) is 9.26. The second-order valence-corrected chi connectivity index (χ2v) is 3.89. The van der Waals surface area contributed by atoms with E-state index in [1.54, 1.807) is 4.68 Å². The average molecular weight is 221 g/mol. The molecule has 82 valence electrons. The number of aromatic carboxylic acids is 1. The highest BCUT2D eigenvalue weighted by molar-refractivity contribution is 5.92. The van der Waals surface area contributed by atoms with Crippen LogP contribution in [0.5, 0.6) is 0 Å². The van der Waals surface area contributed by atoms with Gasteiger partial charge in [0.1, 0.15) is 11.3 Å². The maximum Gasteiger partial charge on any atom is 0.338 e. The van der Waals surface area contributed by atoms with Crippen LogP contribution in [0.4, 0.5) is 4.39 Å². The Morgan fingerprint density at radius 1 is 1.50 bits per heavy atom. The highest BCUT2D eigenvalue weighted by atomic mass is 19.1. The van der Waals surface area contributed by atoms with Crippen molar-refractivity contribution in [2.75, 3.05) is 0 Å². The summed E-state index contributed by atoms with van der Waals surface area (Å²) in [4.78, 5) is 10.8. The molecule has 0 bridgehead atoms. The molecule has 0 aliphatic heterocycles. The predicted molar refractivity (Wildman–Crippen MR) is 52.7 cm³/mol. The van der Waals surface area contributed by atoms with E-state index in [-0.39, 0.29) is 11.6 Å². The molecule has 1 saturated carbocycles. The van der Waals surface area contributed by atoms with Gasteiger partial charge in [-0.15, -0.1) is 5.10 Å². The van der Waals surface area contributed by atoms with Crippen molar-refractivity contribution in [3.05, 3.63) is 23.5 Å². The van der Waals surface area contributed by atoms with Crippen LogP contribution in [-0.4, -0.2) is 26.1 Å². The van der Waals surface area contributed by atoms with Gasteiger partial charge in [0.25, 0.3) is 0 Å². The molecule has 1 aromatic heterocycles. The van der Waals surface area contributed by atoms with Gasteiger partial charge in [0.05, 0.1) is 17.1 Å². The number of aromatic nitrogens is 3. The monoisotopic (exact) mass is 221 g/mol. The van der Waals surface area contributed by atoms with Crippen LogP contribution in [0.1, 0.15) is 29.2 Å². The van der Waals surface area contributed by atoms with E-state index in [9.17, 15) is 9.18 Å². The van der Waals surface area contributed by atoms with Gasteiger partial charge in [-0.25, -0.2) is 13.9 Å². The van der Waals surface area contributed by atoms with Crippen LogP contribution >= 0.6 is 0 Å². The fraction of sp³-hybridized carbons (Fsp3) is 0.300. The molecule has 0 spiro atoms. The number of rotatable bonds is 2. The van der Waals surface area contributed by atoms with Crippen LogP contribution in [0.25, 0.3) is 11.0 Å². The third kappa shape index (κ3) is 1.26. The van der Waals surface area contributed by atoms with Crippen molar-refractivity contribution in [2.45, 2.75) is 18.9 Å². The Bertz CT molecular complexity index is 589. The second kappa shape index (κ2) is 3.01. The van der Waals surface area contributed by atoms with Gasteiger partial charge >= 0.3 is 5.97 Å². The van der Waals surface area contributed by atoms with Crippen molar-refractivity contribution < 1.29 is 14.3 Å². The SMILES string of the molecule is O=C(O)c1cc2c(cc1F)nnn2C1CC1. The summed E-state index contributed by atoms with van der Waals surface area (Å²) in [7, 11) is 0. The predicted octanol–water partition coefficient (Wildman–Crippen LogP) is 1.60. The zero-order chi connectivity index (χ0) is 11.3. The summed E-state index contributed by atoms with van der Waals surface area (Å²) < 4.78 is 15.0. The highest BCUT2D eigenvalue weighted by Gasteiger charge is 2.27. The van der Waals surface area contributed by atoms with E-state index in [2.05, 4.69) is 10.3 Å². The van der Waals surface area contributed by atoms with Crippen molar-refractivity contribution >= 4 is 17.0 Å². The summed E-state index contributed by atoms with van der Waals surface area (Å²) in [5.41, 5.74) is 0.646. The van der Waals surface area contributed by atoms with E-state index in [1.807, 2.05) is 0 Å². The summed E-state index contributed by atoms with van der Waals surface area (Å²) in [6.07, 6.45) is 2.02. The van der Waals surface area contributed by atoms with E-state index in [0.29, 0.717) is 11.0 Å². The standard InChI is InChI=1S/C10H8FN3O2/c11-7-4-8-9(3-6(7)10(15)16)14(13-12-8)5-1-2-5/h3-5H,1-2H2,(H,15,16). The minimum atomic E-state index is -1.28. The molecule has 0 saturated heterocycles. The molecular formula is C10H8FN3O2. The number of hydrogen-bond donors (Lipinski definition) is 1. The summed E-state index contributed by atoms with van der Waals surface area (Å²) in [5, 5.41) is 16.5. The average Bonchev–Trinajstić information content (AvgIpc) is 2.99. The Morgan fingerprint density at radius 3 is 2.88 bits per heavy atom. The first-order valence-corrected chi connectivity index (χ1v) is 4.94. The maximum atomic E-state index is 13.3. The van der Waals surface area contributed by atoms with Crippen LogP contribution in [0, 0.1) is 5.82 Å². The first-order chi connectivity index (χ1) is 7.66. The topological polar surface area (TPSA) is 68.0 Å².